The lowest BCUT2D eigenvalue weighted by Gasteiger charge is -2.35. The van der Waals surface area contributed by atoms with Crippen molar-refractivity contribution in [3.05, 3.63) is 433 Å². The molecule has 0 heterocycles. The van der Waals surface area contributed by atoms with Gasteiger partial charge in [-0.1, -0.05) is 464 Å². The molecule has 0 saturated heterocycles. The molecule has 0 aliphatic heterocycles. The van der Waals surface area contributed by atoms with Gasteiger partial charge >= 0.3 is 6.99 Å². The molecule has 15 aromatic rings. The van der Waals surface area contributed by atoms with Crippen molar-refractivity contribution in [3.63, 3.8) is 0 Å². The zero-order valence-electron chi connectivity index (χ0n) is 71.6. The van der Waals surface area contributed by atoms with Gasteiger partial charge in [-0.05, 0) is 226 Å². The van der Waals surface area contributed by atoms with E-state index in [1.165, 1.54) is 152 Å². The molecule has 0 atom stereocenters. The SMILES string of the molecule is Brc1ccc(Br)cc1.Brc1ccc([Si](c2ccccc2)(c2ccccc2)c2ccc(Br)cc2)cc1.Cc1cc(C)c(B(F)c2c(C)cc(C)cc2C)c(C)c1.Cc1cc(C)c(B(c2ccc([Si](c3ccccc3)(c3ccccc3)c3ccc(B(c4c(C)cc(C)cc4C)c4c(C)cc(C)cc4C)cc3)cc2)c2c(C)cc(C)cc2C)c(C)c1. The van der Waals surface area contributed by atoms with Gasteiger partial charge in [0.05, 0.1) is 0 Å². The van der Waals surface area contributed by atoms with Gasteiger partial charge in [-0.15, -0.1) is 0 Å². The Morgan fingerprint density at radius 1 is 0.186 bits per heavy atom. The molecule has 0 aliphatic carbocycles. The van der Waals surface area contributed by atoms with Crippen LogP contribution in [-0.2, 0) is 0 Å². The molecule has 0 N–H and O–H groups in total. The van der Waals surface area contributed by atoms with Crippen molar-refractivity contribution in [2.45, 2.75) is 125 Å². The van der Waals surface area contributed by atoms with Crippen molar-refractivity contribution < 1.29 is 4.32 Å². The zero-order chi connectivity index (χ0) is 84.4. The van der Waals surface area contributed by atoms with Gasteiger partial charge in [-0.2, -0.15) is 0 Å². The summed E-state index contributed by atoms with van der Waals surface area (Å²) in [5.74, 6) is 0. The van der Waals surface area contributed by atoms with Crippen molar-refractivity contribution >= 4 is 185 Å². The molecule has 590 valence electrons. The fourth-order valence-corrected chi connectivity index (χ4v) is 29.8. The Kier molecular flexibility index (Phi) is 29.0. The molecule has 0 unspecified atom stereocenters. The summed E-state index contributed by atoms with van der Waals surface area (Å²) in [6.45, 7) is 38.6. The molecule has 0 amide bonds. The molecule has 15 rings (SSSR count). The largest absolute Gasteiger partial charge is 0.414 e. The van der Waals surface area contributed by atoms with Gasteiger partial charge in [0.2, 0.25) is 13.4 Å². The highest BCUT2D eigenvalue weighted by atomic mass is 79.9. The van der Waals surface area contributed by atoms with E-state index in [2.05, 4.69) is 452 Å². The number of aryl methyl sites for hydroxylation is 18. The summed E-state index contributed by atoms with van der Waals surface area (Å²) in [4.78, 5) is 0. The fourth-order valence-electron chi connectivity index (χ4n) is 19.3. The Morgan fingerprint density at radius 3 is 0.508 bits per heavy atom. The van der Waals surface area contributed by atoms with Crippen LogP contribution in [0.15, 0.2) is 333 Å². The molecule has 15 aromatic carbocycles. The van der Waals surface area contributed by atoms with E-state index in [4.69, 9.17) is 0 Å². The molecule has 0 spiro atoms. The second-order valence-electron chi connectivity index (χ2n) is 32.8. The van der Waals surface area contributed by atoms with Gasteiger partial charge in [0.15, 0.2) is 16.1 Å². The smallest absolute Gasteiger partial charge is 0.322 e. The first-order valence-corrected chi connectivity index (χ1v) is 48.1. The predicted octanol–water partition coefficient (Wildman–Crippen LogP) is 19.2. The first-order valence-electron chi connectivity index (χ1n) is 41.0. The van der Waals surface area contributed by atoms with Gasteiger partial charge in [-0.3, -0.25) is 0 Å². The van der Waals surface area contributed by atoms with Crippen LogP contribution in [0.2, 0.25) is 0 Å². The summed E-state index contributed by atoms with van der Waals surface area (Å²) < 4.78 is 19.6. The molecule has 0 radical (unpaired) electrons. The number of benzene rings is 15. The Hall–Kier alpha value is -9.22. The van der Waals surface area contributed by atoms with E-state index in [1.807, 2.05) is 52.0 Å². The minimum absolute atomic E-state index is 0.114. The van der Waals surface area contributed by atoms with Crippen molar-refractivity contribution in [2.75, 3.05) is 0 Å². The first kappa shape index (κ1) is 88.1. The van der Waals surface area contributed by atoms with Crippen LogP contribution in [0.3, 0.4) is 0 Å². The van der Waals surface area contributed by atoms with Crippen LogP contribution >= 0.6 is 63.7 Å². The van der Waals surface area contributed by atoms with E-state index in [9.17, 15) is 0 Å². The average molecular weight is 1830 g/mol. The highest BCUT2D eigenvalue weighted by molar-refractivity contribution is 9.11. The lowest BCUT2D eigenvalue weighted by molar-refractivity contribution is 0.862. The molecule has 0 nitrogen and oxygen atoms in total. The van der Waals surface area contributed by atoms with Crippen LogP contribution in [0.5, 0.6) is 0 Å². The minimum atomic E-state index is -2.85. The van der Waals surface area contributed by atoms with Gasteiger partial charge in [-0.25, -0.2) is 0 Å². The second-order valence-corrected chi connectivity index (χ2v) is 44.0. The lowest BCUT2D eigenvalue weighted by Crippen LogP contribution is -2.75. The van der Waals surface area contributed by atoms with Gasteiger partial charge in [0, 0.05) is 17.9 Å². The highest BCUT2D eigenvalue weighted by Gasteiger charge is 2.44. The topological polar surface area (TPSA) is 0 Å². The summed E-state index contributed by atoms with van der Waals surface area (Å²) in [5, 5.41) is 11.1. The maximum Gasteiger partial charge on any atom is 0.414 e. The third kappa shape index (κ3) is 19.3. The number of halogens is 5. The summed E-state index contributed by atoms with van der Waals surface area (Å²) in [6.07, 6.45) is 0. The van der Waals surface area contributed by atoms with Gasteiger partial charge in [0.1, 0.15) is 0 Å². The molecule has 0 fully saturated rings. The molecule has 0 aromatic heterocycles. The lowest BCUT2D eigenvalue weighted by atomic mass is 9.34. The summed E-state index contributed by atoms with van der Waals surface area (Å²) in [7, 11) is -5.24. The Labute approximate surface area is 741 Å². The standard InChI is InChI=1S/C60H62B2Si.C24H18Br2Si.C18H22BF.C6H4Br2/c1-39-31-43(5)57(44(6)32-39)61(58-45(7)33-40(2)34-46(58)8)51-23-27-55(28-24-51)63(53-19-15-13-16-20-53,54-21-17-14-18-22-54)56-29-25-52(26-30-56)62(59-47(9)35-41(3)36-48(59)10)60-49(11)37-42(4)38-50(60)12;25-19-11-15-23(16-12-19)27(21-7-3-1-4-8-21,22-9-5-2-6-10-22)24-17-13-20(26)14-18-24;1-11-7-13(3)17(14(4)8-11)19(20)18-15(5)9-12(2)10-16(18)6;7-5-1-2-6(8)4-3-5/h13-38H,1-12H3;1-18H;7-10H,1-6H3;1-4H. The zero-order valence-corrected chi connectivity index (χ0v) is 80.0. The van der Waals surface area contributed by atoms with Crippen LogP contribution in [0.4, 0.5) is 4.32 Å². The molecule has 10 heteroatoms. The van der Waals surface area contributed by atoms with Crippen molar-refractivity contribution in [3.8, 4) is 0 Å². The van der Waals surface area contributed by atoms with E-state index >= 15 is 4.32 Å². The first-order chi connectivity index (χ1) is 56.5. The quantitative estimate of drug-likeness (QED) is 0.0668. The van der Waals surface area contributed by atoms with E-state index in [-0.39, 0.29) is 13.4 Å². The van der Waals surface area contributed by atoms with E-state index in [0.29, 0.717) is 0 Å². The average Bonchev–Trinajstić information content (AvgIpc) is 1.03. The molecule has 118 heavy (non-hydrogen) atoms. The summed E-state index contributed by atoms with van der Waals surface area (Å²) in [5.41, 5.74) is 32.6. The molecular weight excluding hydrogens is 1720 g/mol. The predicted molar refractivity (Wildman–Crippen MR) is 537 cm³/mol. The monoisotopic (exact) mass is 1830 g/mol. The van der Waals surface area contributed by atoms with Crippen molar-refractivity contribution in [2.24, 2.45) is 0 Å². The van der Waals surface area contributed by atoms with E-state index in [1.54, 1.807) is 0 Å². The third-order valence-corrected chi connectivity index (χ3v) is 35.3. The Balaban J connectivity index is 0.000000187. The normalized spacial score (nSPS) is 11.2. The maximum atomic E-state index is 15.2. The minimum Gasteiger partial charge on any atom is -0.322 e. The van der Waals surface area contributed by atoms with E-state index < -0.39 is 23.1 Å². The second kappa shape index (κ2) is 38.9. The third-order valence-electron chi connectivity index (χ3n) is 23.6. The summed E-state index contributed by atoms with van der Waals surface area (Å²) >= 11 is 13.8. The van der Waals surface area contributed by atoms with Crippen LogP contribution in [0, 0.1) is 125 Å². The van der Waals surface area contributed by atoms with Crippen molar-refractivity contribution in [1.82, 2.24) is 0 Å². The Morgan fingerprint density at radius 2 is 0.331 bits per heavy atom. The number of hydrogen-bond acceptors (Lipinski definition) is 0. The van der Waals surface area contributed by atoms with Crippen LogP contribution in [-0.4, -0.2) is 36.6 Å². The van der Waals surface area contributed by atoms with Gasteiger partial charge < -0.3 is 4.32 Å². The molecule has 0 bridgehead atoms. The molecule has 0 saturated carbocycles. The number of hydrogen-bond donors (Lipinski definition) is 0. The highest BCUT2D eigenvalue weighted by Crippen LogP contribution is 2.22. The fraction of sp³-hybridized carbons (Fsp3) is 0.167. The molecule has 0 aliphatic rings. The van der Waals surface area contributed by atoms with Crippen molar-refractivity contribution in [1.29, 1.82) is 0 Å². The van der Waals surface area contributed by atoms with E-state index in [0.717, 1.165) is 51.1 Å². The van der Waals surface area contributed by atoms with Crippen LogP contribution in [0.1, 0.15) is 100 Å². The molecular formula is C108H106B3Br4FSi2. The summed E-state index contributed by atoms with van der Waals surface area (Å²) in [6, 6.07) is 117. The maximum absolute atomic E-state index is 15.2. The number of rotatable bonds is 16. The Bertz CT molecular complexity index is 5380. The van der Waals surface area contributed by atoms with Gasteiger partial charge in [0.25, 0.3) is 0 Å². The van der Waals surface area contributed by atoms with Crippen LogP contribution < -0.4 is 85.2 Å². The van der Waals surface area contributed by atoms with Crippen LogP contribution in [0.25, 0.3) is 0 Å².